The minimum absolute atomic E-state index is 0. The Kier molecular flexibility index (Phi) is 7.03. The zero-order valence-electron chi connectivity index (χ0n) is 12.3. The summed E-state index contributed by atoms with van der Waals surface area (Å²) >= 11 is 0. The van der Waals surface area contributed by atoms with Crippen LogP contribution < -0.4 is 10.6 Å². The van der Waals surface area contributed by atoms with Crippen molar-refractivity contribution in [3.63, 3.8) is 0 Å². The Morgan fingerprint density at radius 1 is 1.40 bits per heavy atom. The lowest BCUT2D eigenvalue weighted by atomic mass is 9.92. The second-order valence-electron chi connectivity index (χ2n) is 5.62. The number of hydrogen-bond donors (Lipinski definition) is 2. The molecule has 0 saturated carbocycles. The van der Waals surface area contributed by atoms with Crippen LogP contribution >= 0.6 is 12.4 Å². The van der Waals surface area contributed by atoms with E-state index >= 15 is 0 Å². The first-order valence-corrected chi connectivity index (χ1v) is 7.21. The fraction of sp³-hybridized carbons (Fsp3) is 0.562. The number of piperidine rings is 1. The van der Waals surface area contributed by atoms with Gasteiger partial charge in [-0.3, -0.25) is 4.79 Å². The first-order chi connectivity index (χ1) is 9.15. The van der Waals surface area contributed by atoms with Crippen LogP contribution in [0.15, 0.2) is 24.3 Å². The molecule has 0 spiro atoms. The molecule has 0 radical (unpaired) electrons. The van der Waals surface area contributed by atoms with Gasteiger partial charge in [-0.2, -0.15) is 0 Å². The van der Waals surface area contributed by atoms with Gasteiger partial charge in [-0.05, 0) is 51.3 Å². The topological polar surface area (TPSA) is 41.1 Å². The molecule has 0 aromatic heterocycles. The Morgan fingerprint density at radius 2 is 2.10 bits per heavy atom. The van der Waals surface area contributed by atoms with Crippen LogP contribution in [0.2, 0.25) is 0 Å². The van der Waals surface area contributed by atoms with Gasteiger partial charge in [-0.1, -0.05) is 29.8 Å². The van der Waals surface area contributed by atoms with Crippen molar-refractivity contribution < 1.29 is 4.79 Å². The van der Waals surface area contributed by atoms with Crippen molar-refractivity contribution in [2.45, 2.75) is 39.2 Å². The summed E-state index contributed by atoms with van der Waals surface area (Å²) in [4.78, 5) is 12.0. The van der Waals surface area contributed by atoms with Crippen molar-refractivity contribution in [3.8, 4) is 0 Å². The standard InChI is InChI=1S/C16H24N2O.ClH/c1-12-5-7-14(8-6-12)10-16(19)18-13(2)15-4-3-9-17-11-15;/h5-8,13,15,17H,3-4,9-11H2,1-2H3,(H,18,19);1H. The monoisotopic (exact) mass is 296 g/mol. The summed E-state index contributed by atoms with van der Waals surface area (Å²) in [5.41, 5.74) is 2.31. The minimum Gasteiger partial charge on any atom is -0.353 e. The van der Waals surface area contributed by atoms with Crippen LogP contribution in [-0.2, 0) is 11.2 Å². The van der Waals surface area contributed by atoms with Crippen LogP contribution in [0.3, 0.4) is 0 Å². The lowest BCUT2D eigenvalue weighted by Gasteiger charge is -2.29. The number of carbonyl (C=O) groups excluding carboxylic acids is 1. The van der Waals surface area contributed by atoms with E-state index < -0.39 is 0 Å². The largest absolute Gasteiger partial charge is 0.353 e. The Hall–Kier alpha value is -1.06. The highest BCUT2D eigenvalue weighted by Gasteiger charge is 2.21. The molecule has 1 heterocycles. The average Bonchev–Trinajstić information content (AvgIpc) is 2.42. The summed E-state index contributed by atoms with van der Waals surface area (Å²) in [7, 11) is 0. The molecule has 2 unspecified atom stereocenters. The van der Waals surface area contributed by atoms with Gasteiger partial charge in [0.15, 0.2) is 0 Å². The maximum Gasteiger partial charge on any atom is 0.224 e. The predicted octanol–water partition coefficient (Wildman–Crippen LogP) is 2.46. The van der Waals surface area contributed by atoms with Crippen LogP contribution in [0.5, 0.6) is 0 Å². The summed E-state index contributed by atoms with van der Waals surface area (Å²) in [6.45, 7) is 6.30. The molecule has 1 saturated heterocycles. The fourth-order valence-corrected chi connectivity index (χ4v) is 2.62. The quantitative estimate of drug-likeness (QED) is 0.896. The zero-order chi connectivity index (χ0) is 13.7. The average molecular weight is 297 g/mol. The molecule has 1 aromatic carbocycles. The summed E-state index contributed by atoms with van der Waals surface area (Å²) < 4.78 is 0. The molecule has 1 aliphatic rings. The molecule has 2 rings (SSSR count). The Bertz CT molecular complexity index is 413. The van der Waals surface area contributed by atoms with Gasteiger partial charge in [0, 0.05) is 6.04 Å². The van der Waals surface area contributed by atoms with Crippen molar-refractivity contribution in [2.75, 3.05) is 13.1 Å². The van der Waals surface area contributed by atoms with E-state index in [1.807, 2.05) is 12.1 Å². The molecule has 4 heteroatoms. The van der Waals surface area contributed by atoms with Gasteiger partial charge in [-0.15, -0.1) is 12.4 Å². The van der Waals surface area contributed by atoms with E-state index in [9.17, 15) is 4.79 Å². The highest BCUT2D eigenvalue weighted by molar-refractivity contribution is 5.85. The van der Waals surface area contributed by atoms with Gasteiger partial charge in [0.25, 0.3) is 0 Å². The lowest BCUT2D eigenvalue weighted by Crippen LogP contribution is -2.45. The number of amides is 1. The maximum absolute atomic E-state index is 12.0. The predicted molar refractivity (Wildman–Crippen MR) is 85.3 cm³/mol. The number of hydrogen-bond acceptors (Lipinski definition) is 2. The van der Waals surface area contributed by atoms with E-state index in [1.54, 1.807) is 0 Å². The third kappa shape index (κ3) is 5.14. The SMILES string of the molecule is Cc1ccc(CC(=O)NC(C)C2CCCNC2)cc1.Cl. The Morgan fingerprint density at radius 3 is 2.70 bits per heavy atom. The van der Waals surface area contributed by atoms with Crippen LogP contribution in [-0.4, -0.2) is 25.0 Å². The van der Waals surface area contributed by atoms with Gasteiger partial charge < -0.3 is 10.6 Å². The molecule has 2 N–H and O–H groups in total. The molecule has 1 aromatic rings. The third-order valence-corrected chi connectivity index (χ3v) is 3.92. The molecule has 1 fully saturated rings. The van der Waals surface area contributed by atoms with Gasteiger partial charge >= 0.3 is 0 Å². The van der Waals surface area contributed by atoms with Crippen molar-refractivity contribution in [3.05, 3.63) is 35.4 Å². The molecule has 1 amide bonds. The minimum atomic E-state index is 0. The van der Waals surface area contributed by atoms with Gasteiger partial charge in [0.2, 0.25) is 5.91 Å². The van der Waals surface area contributed by atoms with E-state index in [0.717, 1.165) is 18.7 Å². The normalized spacial score (nSPS) is 19.8. The second-order valence-corrected chi connectivity index (χ2v) is 5.62. The smallest absolute Gasteiger partial charge is 0.224 e. The van der Waals surface area contributed by atoms with Gasteiger partial charge in [-0.25, -0.2) is 0 Å². The lowest BCUT2D eigenvalue weighted by molar-refractivity contribution is -0.121. The molecule has 3 nitrogen and oxygen atoms in total. The first-order valence-electron chi connectivity index (χ1n) is 7.21. The number of aryl methyl sites for hydroxylation is 1. The zero-order valence-corrected chi connectivity index (χ0v) is 13.1. The van der Waals surface area contributed by atoms with Crippen LogP contribution in [0, 0.1) is 12.8 Å². The molecular formula is C16H25ClN2O. The Balaban J connectivity index is 0.00000200. The first kappa shape index (κ1) is 17.0. The molecule has 112 valence electrons. The Labute approximate surface area is 127 Å². The summed E-state index contributed by atoms with van der Waals surface area (Å²) in [6.07, 6.45) is 2.90. The molecule has 0 aliphatic carbocycles. The second kappa shape index (κ2) is 8.28. The van der Waals surface area contributed by atoms with E-state index in [2.05, 4.69) is 36.6 Å². The number of rotatable bonds is 4. The van der Waals surface area contributed by atoms with Crippen molar-refractivity contribution in [2.24, 2.45) is 5.92 Å². The van der Waals surface area contributed by atoms with Crippen LogP contribution in [0.4, 0.5) is 0 Å². The molecular weight excluding hydrogens is 272 g/mol. The van der Waals surface area contributed by atoms with Crippen LogP contribution in [0.25, 0.3) is 0 Å². The van der Waals surface area contributed by atoms with E-state index in [-0.39, 0.29) is 24.4 Å². The van der Waals surface area contributed by atoms with Crippen molar-refractivity contribution >= 4 is 18.3 Å². The van der Waals surface area contributed by atoms with E-state index in [4.69, 9.17) is 0 Å². The van der Waals surface area contributed by atoms with Gasteiger partial charge in [0.05, 0.1) is 6.42 Å². The van der Waals surface area contributed by atoms with Crippen molar-refractivity contribution in [1.82, 2.24) is 10.6 Å². The third-order valence-electron chi connectivity index (χ3n) is 3.92. The fourth-order valence-electron chi connectivity index (χ4n) is 2.62. The highest BCUT2D eigenvalue weighted by Crippen LogP contribution is 2.14. The van der Waals surface area contributed by atoms with Crippen LogP contribution in [0.1, 0.15) is 30.9 Å². The number of benzene rings is 1. The van der Waals surface area contributed by atoms with E-state index in [0.29, 0.717) is 12.3 Å². The molecule has 2 atom stereocenters. The molecule has 0 bridgehead atoms. The van der Waals surface area contributed by atoms with E-state index in [1.165, 1.54) is 18.4 Å². The summed E-state index contributed by atoms with van der Waals surface area (Å²) in [6, 6.07) is 8.42. The summed E-state index contributed by atoms with van der Waals surface area (Å²) in [5, 5.41) is 6.53. The number of carbonyl (C=O) groups is 1. The van der Waals surface area contributed by atoms with Gasteiger partial charge in [0.1, 0.15) is 0 Å². The molecule has 1 aliphatic heterocycles. The number of nitrogens with one attached hydrogen (secondary N) is 2. The molecule has 20 heavy (non-hydrogen) atoms. The summed E-state index contributed by atoms with van der Waals surface area (Å²) in [5.74, 6) is 0.692. The highest BCUT2D eigenvalue weighted by atomic mass is 35.5. The van der Waals surface area contributed by atoms with Crippen molar-refractivity contribution in [1.29, 1.82) is 0 Å². The maximum atomic E-state index is 12.0. The number of halogens is 1.